The summed E-state index contributed by atoms with van der Waals surface area (Å²) in [6.45, 7) is 3.47. The SMILES string of the molecule is CC(=O)O[C@@H]1[C@@H](OC(C)=O)[C@H](SC(=N)N)OC[C@H]1OC(C)=O. The molecule has 124 valence electrons. The van der Waals surface area contributed by atoms with Crippen molar-refractivity contribution < 1.29 is 33.3 Å². The molecule has 4 atom stereocenters. The first-order valence-corrected chi connectivity index (χ1v) is 7.22. The van der Waals surface area contributed by atoms with Gasteiger partial charge in [-0.3, -0.25) is 19.8 Å². The first-order chi connectivity index (χ1) is 10.2. The van der Waals surface area contributed by atoms with Gasteiger partial charge in [0.1, 0.15) is 0 Å². The highest BCUT2D eigenvalue weighted by Crippen LogP contribution is 2.30. The molecule has 10 heteroatoms. The van der Waals surface area contributed by atoms with Crippen molar-refractivity contribution in [2.75, 3.05) is 6.61 Å². The smallest absolute Gasteiger partial charge is 0.303 e. The van der Waals surface area contributed by atoms with Crippen LogP contribution in [-0.2, 0) is 33.3 Å². The number of nitrogens with one attached hydrogen (secondary N) is 1. The maximum absolute atomic E-state index is 11.3. The summed E-state index contributed by atoms with van der Waals surface area (Å²) in [5, 5.41) is 7.05. The second-order valence-corrected chi connectivity index (χ2v) is 5.62. The number of carbonyl (C=O) groups is 3. The highest BCUT2D eigenvalue weighted by molar-refractivity contribution is 8.14. The summed E-state index contributed by atoms with van der Waals surface area (Å²) in [5.41, 5.74) is 4.46. The first-order valence-electron chi connectivity index (χ1n) is 6.34. The minimum Gasteiger partial charge on any atom is -0.456 e. The van der Waals surface area contributed by atoms with Gasteiger partial charge in [-0.05, 0) is 0 Å². The van der Waals surface area contributed by atoms with Crippen LogP contribution in [0.1, 0.15) is 20.8 Å². The van der Waals surface area contributed by atoms with Crippen LogP contribution in [0.5, 0.6) is 0 Å². The average Bonchev–Trinajstić information content (AvgIpc) is 2.34. The quantitative estimate of drug-likeness (QED) is 0.309. The molecular weight excluding hydrogens is 316 g/mol. The Morgan fingerprint density at radius 3 is 2.00 bits per heavy atom. The maximum Gasteiger partial charge on any atom is 0.303 e. The summed E-state index contributed by atoms with van der Waals surface area (Å²) < 4.78 is 20.7. The van der Waals surface area contributed by atoms with Gasteiger partial charge < -0.3 is 24.7 Å². The zero-order valence-electron chi connectivity index (χ0n) is 12.4. The van der Waals surface area contributed by atoms with Crippen LogP contribution in [0.2, 0.25) is 0 Å². The summed E-state index contributed by atoms with van der Waals surface area (Å²) in [7, 11) is 0. The topological polar surface area (TPSA) is 138 Å². The number of amidine groups is 1. The predicted octanol–water partition coefficient (Wildman–Crippen LogP) is -0.236. The van der Waals surface area contributed by atoms with E-state index in [0.717, 1.165) is 11.8 Å². The normalized spacial score (nSPS) is 27.6. The molecule has 0 radical (unpaired) electrons. The minimum atomic E-state index is -1.06. The van der Waals surface area contributed by atoms with E-state index in [-0.39, 0.29) is 11.8 Å². The monoisotopic (exact) mass is 334 g/mol. The fourth-order valence-corrected chi connectivity index (χ4v) is 2.68. The van der Waals surface area contributed by atoms with E-state index in [0.29, 0.717) is 0 Å². The van der Waals surface area contributed by atoms with Crippen molar-refractivity contribution in [2.24, 2.45) is 5.73 Å². The minimum absolute atomic E-state index is 0.0831. The van der Waals surface area contributed by atoms with Gasteiger partial charge >= 0.3 is 17.9 Å². The molecule has 1 heterocycles. The number of hydrogen-bond donors (Lipinski definition) is 2. The number of ether oxygens (including phenoxy) is 4. The maximum atomic E-state index is 11.3. The Kier molecular flexibility index (Phi) is 6.62. The molecular formula is C12H18N2O7S. The third kappa shape index (κ3) is 5.53. The molecule has 0 aliphatic carbocycles. The summed E-state index contributed by atoms with van der Waals surface area (Å²) in [4.78, 5) is 33.7. The van der Waals surface area contributed by atoms with E-state index < -0.39 is 41.7 Å². The van der Waals surface area contributed by atoms with Gasteiger partial charge in [-0.15, -0.1) is 0 Å². The van der Waals surface area contributed by atoms with E-state index in [1.807, 2.05) is 0 Å². The molecule has 0 amide bonds. The van der Waals surface area contributed by atoms with Gasteiger partial charge in [0.25, 0.3) is 0 Å². The molecule has 1 aliphatic rings. The van der Waals surface area contributed by atoms with E-state index in [2.05, 4.69) is 0 Å². The molecule has 0 aromatic carbocycles. The van der Waals surface area contributed by atoms with E-state index >= 15 is 0 Å². The number of esters is 3. The lowest BCUT2D eigenvalue weighted by atomic mass is 10.1. The van der Waals surface area contributed by atoms with Crippen LogP contribution in [0.4, 0.5) is 0 Å². The number of thioether (sulfide) groups is 1. The van der Waals surface area contributed by atoms with Crippen molar-refractivity contribution in [2.45, 2.75) is 44.5 Å². The molecule has 0 bridgehead atoms. The second-order valence-electron chi connectivity index (χ2n) is 4.48. The molecule has 1 fully saturated rings. The highest BCUT2D eigenvalue weighted by atomic mass is 32.2. The number of nitrogens with two attached hydrogens (primary N) is 1. The van der Waals surface area contributed by atoms with Gasteiger partial charge in [0.15, 0.2) is 28.9 Å². The third-order valence-electron chi connectivity index (χ3n) is 2.55. The van der Waals surface area contributed by atoms with Crippen LogP contribution in [0.15, 0.2) is 0 Å². The van der Waals surface area contributed by atoms with Gasteiger partial charge in [0.2, 0.25) is 0 Å². The lowest BCUT2D eigenvalue weighted by Crippen LogP contribution is -2.56. The molecule has 0 unspecified atom stereocenters. The van der Waals surface area contributed by atoms with Crippen molar-refractivity contribution in [1.29, 1.82) is 5.41 Å². The Morgan fingerprint density at radius 1 is 1.05 bits per heavy atom. The number of hydrogen-bond acceptors (Lipinski definition) is 9. The van der Waals surface area contributed by atoms with Gasteiger partial charge in [0, 0.05) is 20.8 Å². The van der Waals surface area contributed by atoms with Crippen LogP contribution in [0.25, 0.3) is 0 Å². The van der Waals surface area contributed by atoms with Crippen molar-refractivity contribution >= 4 is 34.8 Å². The second kappa shape index (κ2) is 7.99. The number of rotatable bonds is 4. The molecule has 1 saturated heterocycles. The van der Waals surface area contributed by atoms with Crippen LogP contribution in [-0.4, -0.2) is 53.4 Å². The van der Waals surface area contributed by atoms with Crippen molar-refractivity contribution in [1.82, 2.24) is 0 Å². The molecule has 0 spiro atoms. The summed E-state index contributed by atoms with van der Waals surface area (Å²) in [5.74, 6) is -1.86. The summed E-state index contributed by atoms with van der Waals surface area (Å²) in [6.07, 6.45) is -3.03. The van der Waals surface area contributed by atoms with Crippen LogP contribution >= 0.6 is 11.8 Å². The lowest BCUT2D eigenvalue weighted by Gasteiger charge is -2.39. The lowest BCUT2D eigenvalue weighted by molar-refractivity contribution is -0.213. The van der Waals surface area contributed by atoms with Crippen LogP contribution in [0.3, 0.4) is 0 Å². The Morgan fingerprint density at radius 2 is 1.55 bits per heavy atom. The molecule has 22 heavy (non-hydrogen) atoms. The largest absolute Gasteiger partial charge is 0.456 e. The Balaban J connectivity index is 3.03. The molecule has 3 N–H and O–H groups in total. The molecule has 9 nitrogen and oxygen atoms in total. The predicted molar refractivity (Wildman–Crippen MR) is 75.9 cm³/mol. The summed E-state index contributed by atoms with van der Waals surface area (Å²) in [6, 6.07) is 0. The zero-order valence-corrected chi connectivity index (χ0v) is 13.2. The van der Waals surface area contributed by atoms with Crippen molar-refractivity contribution in [3.8, 4) is 0 Å². The van der Waals surface area contributed by atoms with E-state index in [4.69, 9.17) is 30.1 Å². The molecule has 1 rings (SSSR count). The standard InChI is InChI=1S/C12H18N2O7S/c1-5(15)19-8-4-18-11(22-12(13)14)10(21-7(3)17)9(8)20-6(2)16/h8-11H,4H2,1-3H3,(H3,13,14)/t8-,9+,10-,11+/m1/s1. The Bertz CT molecular complexity index is 428. The first kappa shape index (κ1) is 18.2. The zero-order chi connectivity index (χ0) is 16.9. The van der Waals surface area contributed by atoms with E-state index in [9.17, 15) is 14.4 Å². The van der Waals surface area contributed by atoms with E-state index in [1.54, 1.807) is 0 Å². The number of carbonyl (C=O) groups excluding carboxylic acids is 3. The van der Waals surface area contributed by atoms with E-state index in [1.165, 1.54) is 20.8 Å². The van der Waals surface area contributed by atoms with Gasteiger partial charge in [0.05, 0.1) is 6.61 Å². The molecule has 0 aromatic heterocycles. The Labute approximate surface area is 131 Å². The Hall–Kier alpha value is -1.81. The fraction of sp³-hybridized carbons (Fsp3) is 0.667. The van der Waals surface area contributed by atoms with Crippen LogP contribution in [0, 0.1) is 5.41 Å². The van der Waals surface area contributed by atoms with Gasteiger partial charge in [-0.2, -0.15) is 0 Å². The van der Waals surface area contributed by atoms with Gasteiger partial charge in [-0.1, -0.05) is 11.8 Å². The molecule has 0 aromatic rings. The highest BCUT2D eigenvalue weighted by Gasteiger charge is 2.47. The summed E-state index contributed by atoms with van der Waals surface area (Å²) >= 11 is 0.807. The van der Waals surface area contributed by atoms with Crippen molar-refractivity contribution in [3.63, 3.8) is 0 Å². The molecule has 0 saturated carbocycles. The van der Waals surface area contributed by atoms with Crippen LogP contribution < -0.4 is 5.73 Å². The fourth-order valence-electron chi connectivity index (χ4n) is 1.94. The third-order valence-corrected chi connectivity index (χ3v) is 3.44. The molecule has 1 aliphatic heterocycles. The van der Waals surface area contributed by atoms with Gasteiger partial charge in [-0.25, -0.2) is 0 Å². The van der Waals surface area contributed by atoms with Crippen molar-refractivity contribution in [3.05, 3.63) is 0 Å². The average molecular weight is 334 g/mol.